The molecule has 1 aliphatic rings. The van der Waals surface area contributed by atoms with Gasteiger partial charge in [0.15, 0.2) is 6.61 Å². The van der Waals surface area contributed by atoms with Gasteiger partial charge >= 0.3 is 5.97 Å². The molecule has 0 aliphatic heterocycles. The first-order valence-corrected chi connectivity index (χ1v) is 9.49. The van der Waals surface area contributed by atoms with Gasteiger partial charge in [0.1, 0.15) is 5.82 Å². The van der Waals surface area contributed by atoms with Crippen molar-refractivity contribution >= 4 is 23.5 Å². The van der Waals surface area contributed by atoms with Crippen molar-refractivity contribution in [2.75, 3.05) is 18.1 Å². The normalized spacial score (nSPS) is 14.5. The van der Waals surface area contributed by atoms with Crippen LogP contribution in [0.15, 0.2) is 54.6 Å². The minimum Gasteiger partial charge on any atom is -0.455 e. The number of esters is 1. The van der Waals surface area contributed by atoms with Gasteiger partial charge in [-0.1, -0.05) is 36.8 Å². The Kier molecular flexibility index (Phi) is 6.26. The lowest BCUT2D eigenvalue weighted by Gasteiger charge is -2.39. The minimum absolute atomic E-state index is 0.0151. The predicted octanol–water partition coefficient (Wildman–Crippen LogP) is 2.70. The number of primary amides is 1. The Morgan fingerprint density at radius 3 is 2.24 bits per heavy atom. The number of ether oxygens (including phenoxy) is 1. The highest BCUT2D eigenvalue weighted by Gasteiger charge is 2.47. The zero-order valence-electron chi connectivity index (χ0n) is 16.0. The van der Waals surface area contributed by atoms with Crippen molar-refractivity contribution in [3.63, 3.8) is 0 Å². The minimum atomic E-state index is -0.713. The molecular formula is C22H23FN2O4. The number of carbonyl (C=O) groups is 3. The Morgan fingerprint density at radius 2 is 1.69 bits per heavy atom. The highest BCUT2D eigenvalue weighted by molar-refractivity contribution is 5.96. The molecule has 6 nitrogen and oxygen atoms in total. The van der Waals surface area contributed by atoms with E-state index in [2.05, 4.69) is 0 Å². The lowest BCUT2D eigenvalue weighted by molar-refractivity contribution is -0.157. The van der Waals surface area contributed by atoms with E-state index in [0.29, 0.717) is 18.5 Å². The first-order chi connectivity index (χ1) is 13.9. The smallest absolute Gasteiger partial charge is 0.317 e. The van der Waals surface area contributed by atoms with Gasteiger partial charge in [0.05, 0.1) is 5.41 Å². The van der Waals surface area contributed by atoms with E-state index < -0.39 is 35.6 Å². The van der Waals surface area contributed by atoms with E-state index in [1.807, 2.05) is 30.3 Å². The summed E-state index contributed by atoms with van der Waals surface area (Å²) in [6, 6.07) is 14.7. The molecule has 2 aromatic rings. The third kappa shape index (κ3) is 4.62. The molecule has 0 unspecified atom stereocenters. The molecule has 0 saturated heterocycles. The predicted molar refractivity (Wildman–Crippen MR) is 105 cm³/mol. The summed E-state index contributed by atoms with van der Waals surface area (Å²) < 4.78 is 18.6. The molecule has 2 N–H and O–H groups in total. The van der Waals surface area contributed by atoms with Gasteiger partial charge in [-0.25, -0.2) is 4.39 Å². The molecule has 152 valence electrons. The summed E-state index contributed by atoms with van der Waals surface area (Å²) in [6.07, 6.45) is 2.20. The van der Waals surface area contributed by atoms with Crippen LogP contribution < -0.4 is 10.6 Å². The Morgan fingerprint density at radius 1 is 1.03 bits per heavy atom. The summed E-state index contributed by atoms with van der Waals surface area (Å²) in [7, 11) is 0. The molecule has 0 spiro atoms. The number of benzene rings is 2. The lowest BCUT2D eigenvalue weighted by Crippen LogP contribution is -2.45. The van der Waals surface area contributed by atoms with Crippen molar-refractivity contribution in [2.24, 2.45) is 5.73 Å². The van der Waals surface area contributed by atoms with Crippen molar-refractivity contribution in [3.05, 3.63) is 66.0 Å². The van der Waals surface area contributed by atoms with Crippen molar-refractivity contribution in [2.45, 2.75) is 31.1 Å². The number of hydrogen-bond acceptors (Lipinski definition) is 4. The highest BCUT2D eigenvalue weighted by Crippen LogP contribution is 2.44. The monoisotopic (exact) mass is 398 g/mol. The van der Waals surface area contributed by atoms with Crippen molar-refractivity contribution in [1.29, 1.82) is 0 Å². The van der Waals surface area contributed by atoms with E-state index in [1.165, 1.54) is 29.2 Å². The van der Waals surface area contributed by atoms with Gasteiger partial charge in [-0.3, -0.25) is 14.4 Å². The number of anilines is 1. The Labute approximate surface area is 168 Å². The fourth-order valence-corrected chi connectivity index (χ4v) is 3.48. The van der Waals surface area contributed by atoms with E-state index in [9.17, 15) is 18.8 Å². The molecule has 7 heteroatoms. The summed E-state index contributed by atoms with van der Waals surface area (Å²) in [5.74, 6) is -1.96. The van der Waals surface area contributed by atoms with Crippen LogP contribution in [0.3, 0.4) is 0 Å². The number of halogens is 1. The van der Waals surface area contributed by atoms with E-state index >= 15 is 0 Å². The molecule has 0 radical (unpaired) electrons. The van der Waals surface area contributed by atoms with E-state index in [4.69, 9.17) is 10.5 Å². The van der Waals surface area contributed by atoms with Crippen LogP contribution in [0, 0.1) is 5.82 Å². The van der Waals surface area contributed by atoms with E-state index in [-0.39, 0.29) is 13.0 Å². The summed E-state index contributed by atoms with van der Waals surface area (Å²) in [6.45, 7) is -0.454. The van der Waals surface area contributed by atoms with Crippen LogP contribution in [0.1, 0.15) is 31.2 Å². The third-order valence-electron chi connectivity index (χ3n) is 5.27. The van der Waals surface area contributed by atoms with Crippen LogP contribution in [0.5, 0.6) is 0 Å². The largest absolute Gasteiger partial charge is 0.455 e. The second kappa shape index (κ2) is 8.86. The Balaban J connectivity index is 1.69. The lowest BCUT2D eigenvalue weighted by atomic mass is 9.64. The van der Waals surface area contributed by atoms with Gasteiger partial charge in [-0.15, -0.1) is 0 Å². The van der Waals surface area contributed by atoms with Gasteiger partial charge in [0, 0.05) is 18.7 Å². The van der Waals surface area contributed by atoms with Crippen LogP contribution >= 0.6 is 0 Å². The molecule has 1 saturated carbocycles. The maximum absolute atomic E-state index is 13.2. The molecule has 0 heterocycles. The molecule has 1 aliphatic carbocycles. The number of amides is 2. The molecule has 29 heavy (non-hydrogen) atoms. The van der Waals surface area contributed by atoms with Crippen LogP contribution in [0.2, 0.25) is 0 Å². The fourth-order valence-electron chi connectivity index (χ4n) is 3.48. The number of nitrogens with two attached hydrogens (primary N) is 1. The zero-order chi connectivity index (χ0) is 20.9. The Hall–Kier alpha value is -3.22. The van der Waals surface area contributed by atoms with Crippen molar-refractivity contribution < 1.29 is 23.5 Å². The Bertz CT molecular complexity index is 879. The number of rotatable bonds is 8. The first-order valence-electron chi connectivity index (χ1n) is 9.49. The maximum Gasteiger partial charge on any atom is 0.317 e. The third-order valence-corrected chi connectivity index (χ3v) is 5.27. The quantitative estimate of drug-likeness (QED) is 0.693. The topological polar surface area (TPSA) is 89.7 Å². The number of nitrogens with zero attached hydrogens (tertiary/aromatic N) is 1. The second-order valence-corrected chi connectivity index (χ2v) is 7.12. The average Bonchev–Trinajstić information content (AvgIpc) is 2.67. The summed E-state index contributed by atoms with van der Waals surface area (Å²) in [4.78, 5) is 37.9. The van der Waals surface area contributed by atoms with Crippen LogP contribution in [0.25, 0.3) is 0 Å². The van der Waals surface area contributed by atoms with Crippen molar-refractivity contribution in [1.82, 2.24) is 0 Å². The van der Waals surface area contributed by atoms with E-state index in [0.717, 1.165) is 12.0 Å². The van der Waals surface area contributed by atoms with Gasteiger partial charge in [-0.2, -0.15) is 0 Å². The summed E-state index contributed by atoms with van der Waals surface area (Å²) in [5.41, 5.74) is 5.76. The molecule has 2 aromatic carbocycles. The summed E-state index contributed by atoms with van der Waals surface area (Å²) >= 11 is 0. The SMILES string of the molecule is NC(=O)CCN(C(=O)COC(=O)C1(c2ccccc2)CCC1)c1ccc(F)cc1. The fraction of sp³-hybridized carbons (Fsp3) is 0.318. The second-order valence-electron chi connectivity index (χ2n) is 7.12. The number of carbonyl (C=O) groups excluding carboxylic acids is 3. The molecular weight excluding hydrogens is 375 g/mol. The van der Waals surface area contributed by atoms with Crippen molar-refractivity contribution in [3.8, 4) is 0 Å². The van der Waals surface area contributed by atoms with Gasteiger partial charge < -0.3 is 15.4 Å². The zero-order valence-corrected chi connectivity index (χ0v) is 16.0. The molecule has 2 amide bonds. The summed E-state index contributed by atoms with van der Waals surface area (Å²) in [5, 5.41) is 0. The first kappa shape index (κ1) is 20.5. The van der Waals surface area contributed by atoms with Gasteiger partial charge in [-0.05, 0) is 42.7 Å². The maximum atomic E-state index is 13.2. The molecule has 0 bridgehead atoms. The van der Waals surface area contributed by atoms with Crippen LogP contribution in [0.4, 0.5) is 10.1 Å². The van der Waals surface area contributed by atoms with Gasteiger partial charge in [0.2, 0.25) is 5.91 Å². The molecule has 3 rings (SSSR count). The molecule has 0 atom stereocenters. The van der Waals surface area contributed by atoms with Gasteiger partial charge in [0.25, 0.3) is 5.91 Å². The molecule has 0 aromatic heterocycles. The van der Waals surface area contributed by atoms with Crippen LogP contribution in [-0.4, -0.2) is 30.9 Å². The number of hydrogen-bond donors (Lipinski definition) is 1. The highest BCUT2D eigenvalue weighted by atomic mass is 19.1. The average molecular weight is 398 g/mol. The standard InChI is InChI=1S/C22H23FN2O4/c23-17-7-9-18(10-8-17)25(14-11-19(24)26)20(27)15-29-21(28)22(12-4-13-22)16-5-2-1-3-6-16/h1-3,5-10H,4,11-15H2,(H2,24,26). The van der Waals surface area contributed by atoms with Crippen LogP contribution in [-0.2, 0) is 24.5 Å². The molecule has 1 fully saturated rings. The van der Waals surface area contributed by atoms with E-state index in [1.54, 1.807) is 0 Å².